The summed E-state index contributed by atoms with van der Waals surface area (Å²) >= 11 is 0. The summed E-state index contributed by atoms with van der Waals surface area (Å²) in [6.07, 6.45) is -0.744. The number of aliphatic hydroxyl groups is 1. The molecule has 0 saturated carbocycles. The Morgan fingerprint density at radius 3 is 2.55 bits per heavy atom. The van der Waals surface area contributed by atoms with Crippen molar-refractivity contribution >= 4 is 11.0 Å². The molecule has 1 heterocycles. The number of benzene rings is 2. The van der Waals surface area contributed by atoms with Gasteiger partial charge in [0.1, 0.15) is 17.4 Å². The molecular formula is C17H16O3. The van der Waals surface area contributed by atoms with Crippen molar-refractivity contribution in [3.8, 4) is 0 Å². The van der Waals surface area contributed by atoms with Crippen LogP contribution < -0.4 is 0 Å². The first kappa shape index (κ1) is 12.9. The zero-order chi connectivity index (χ0) is 13.8. The van der Waals surface area contributed by atoms with Crippen LogP contribution in [0.1, 0.15) is 17.4 Å². The average Bonchev–Trinajstić information content (AvgIpc) is 2.92. The van der Waals surface area contributed by atoms with Gasteiger partial charge >= 0.3 is 0 Å². The van der Waals surface area contributed by atoms with Gasteiger partial charge in [0, 0.05) is 5.39 Å². The fourth-order valence-corrected chi connectivity index (χ4v) is 2.11. The monoisotopic (exact) mass is 268 g/mol. The van der Waals surface area contributed by atoms with Crippen LogP contribution in [0.2, 0.25) is 0 Å². The molecule has 0 aliphatic heterocycles. The predicted octanol–water partition coefficient (Wildman–Crippen LogP) is 3.68. The molecule has 0 fully saturated rings. The largest absolute Gasteiger partial charge is 0.458 e. The Morgan fingerprint density at radius 1 is 1.00 bits per heavy atom. The van der Waals surface area contributed by atoms with E-state index in [1.807, 2.05) is 60.7 Å². The van der Waals surface area contributed by atoms with Crippen LogP contribution in [0.15, 0.2) is 65.1 Å². The number of fused-ring (bicyclic) bond motifs is 1. The van der Waals surface area contributed by atoms with Crippen molar-refractivity contribution in [1.29, 1.82) is 0 Å². The van der Waals surface area contributed by atoms with Crippen LogP contribution in [-0.4, -0.2) is 11.7 Å². The van der Waals surface area contributed by atoms with Gasteiger partial charge in [0.05, 0.1) is 13.2 Å². The Kier molecular flexibility index (Phi) is 3.81. The summed E-state index contributed by atoms with van der Waals surface area (Å²) in [6, 6.07) is 19.4. The molecule has 3 heteroatoms. The molecule has 2 aromatic carbocycles. The number of para-hydroxylation sites is 1. The first-order chi connectivity index (χ1) is 9.83. The molecular weight excluding hydrogens is 252 g/mol. The topological polar surface area (TPSA) is 42.6 Å². The molecule has 102 valence electrons. The fourth-order valence-electron chi connectivity index (χ4n) is 2.11. The first-order valence-corrected chi connectivity index (χ1v) is 6.61. The van der Waals surface area contributed by atoms with E-state index in [0.29, 0.717) is 12.4 Å². The Bertz CT molecular complexity index is 640. The molecule has 3 nitrogen and oxygen atoms in total. The highest BCUT2D eigenvalue weighted by molar-refractivity contribution is 5.77. The third-order valence-corrected chi connectivity index (χ3v) is 3.16. The van der Waals surface area contributed by atoms with E-state index >= 15 is 0 Å². The zero-order valence-electron chi connectivity index (χ0n) is 11.0. The molecule has 3 rings (SSSR count). The van der Waals surface area contributed by atoms with Crippen molar-refractivity contribution in [2.24, 2.45) is 0 Å². The molecule has 0 aliphatic rings. The van der Waals surface area contributed by atoms with Crippen molar-refractivity contribution in [3.05, 3.63) is 72.0 Å². The van der Waals surface area contributed by atoms with E-state index in [0.717, 1.165) is 16.5 Å². The predicted molar refractivity (Wildman–Crippen MR) is 77.3 cm³/mol. The SMILES string of the molecule is OC(COCc1ccccc1)c1cc2ccccc2o1. The number of furan rings is 1. The van der Waals surface area contributed by atoms with E-state index in [1.165, 1.54) is 0 Å². The standard InChI is InChI=1S/C17H16O3/c18-15(12-19-11-13-6-2-1-3-7-13)17-10-14-8-4-5-9-16(14)20-17/h1-10,15,18H,11-12H2. The van der Waals surface area contributed by atoms with Crippen molar-refractivity contribution in [2.75, 3.05) is 6.61 Å². The summed E-state index contributed by atoms with van der Waals surface area (Å²) in [5.74, 6) is 0.541. The van der Waals surface area contributed by atoms with E-state index in [1.54, 1.807) is 0 Å². The lowest BCUT2D eigenvalue weighted by Gasteiger charge is -2.08. The van der Waals surface area contributed by atoms with Gasteiger partial charge in [-0.3, -0.25) is 0 Å². The molecule has 0 amide bonds. The minimum atomic E-state index is -0.744. The van der Waals surface area contributed by atoms with E-state index in [9.17, 15) is 5.11 Å². The number of aliphatic hydroxyl groups excluding tert-OH is 1. The van der Waals surface area contributed by atoms with Crippen LogP contribution in [0, 0.1) is 0 Å². The van der Waals surface area contributed by atoms with Gasteiger partial charge in [-0.2, -0.15) is 0 Å². The number of hydrogen-bond donors (Lipinski definition) is 1. The highest BCUT2D eigenvalue weighted by Gasteiger charge is 2.13. The van der Waals surface area contributed by atoms with Gasteiger partial charge in [0.2, 0.25) is 0 Å². The molecule has 0 bridgehead atoms. The van der Waals surface area contributed by atoms with Gasteiger partial charge < -0.3 is 14.3 Å². The smallest absolute Gasteiger partial charge is 0.136 e. The summed E-state index contributed by atoms with van der Waals surface area (Å²) in [6.45, 7) is 0.701. The maximum absolute atomic E-state index is 10.1. The second-order valence-corrected chi connectivity index (χ2v) is 4.70. The maximum Gasteiger partial charge on any atom is 0.136 e. The average molecular weight is 268 g/mol. The molecule has 20 heavy (non-hydrogen) atoms. The van der Waals surface area contributed by atoms with Gasteiger partial charge in [-0.15, -0.1) is 0 Å². The molecule has 3 aromatic rings. The van der Waals surface area contributed by atoms with Gasteiger partial charge in [0.25, 0.3) is 0 Å². The molecule has 1 N–H and O–H groups in total. The number of ether oxygens (including phenoxy) is 1. The Hall–Kier alpha value is -2.10. The van der Waals surface area contributed by atoms with Crippen molar-refractivity contribution < 1.29 is 14.3 Å². The summed E-state index contributed by atoms with van der Waals surface area (Å²) in [5, 5.41) is 11.1. The summed E-state index contributed by atoms with van der Waals surface area (Å²) in [7, 11) is 0. The van der Waals surface area contributed by atoms with E-state index in [2.05, 4.69) is 0 Å². The van der Waals surface area contributed by atoms with E-state index < -0.39 is 6.10 Å². The highest BCUT2D eigenvalue weighted by Crippen LogP contribution is 2.24. The molecule has 0 radical (unpaired) electrons. The Morgan fingerprint density at radius 2 is 1.75 bits per heavy atom. The normalized spacial score (nSPS) is 12.7. The van der Waals surface area contributed by atoms with Crippen molar-refractivity contribution in [1.82, 2.24) is 0 Å². The van der Waals surface area contributed by atoms with Gasteiger partial charge in [-0.1, -0.05) is 48.5 Å². The fraction of sp³-hybridized carbons (Fsp3) is 0.176. The lowest BCUT2D eigenvalue weighted by atomic mass is 10.2. The van der Waals surface area contributed by atoms with Crippen LogP contribution in [0.4, 0.5) is 0 Å². The maximum atomic E-state index is 10.1. The van der Waals surface area contributed by atoms with Crippen LogP contribution in [0.3, 0.4) is 0 Å². The van der Waals surface area contributed by atoms with Crippen LogP contribution in [0.5, 0.6) is 0 Å². The number of rotatable bonds is 5. The van der Waals surface area contributed by atoms with Gasteiger partial charge in [-0.05, 0) is 17.7 Å². The van der Waals surface area contributed by atoms with Crippen LogP contribution in [-0.2, 0) is 11.3 Å². The van der Waals surface area contributed by atoms with Crippen molar-refractivity contribution in [3.63, 3.8) is 0 Å². The van der Waals surface area contributed by atoms with Gasteiger partial charge in [0.15, 0.2) is 0 Å². The summed E-state index contributed by atoms with van der Waals surface area (Å²) in [5.41, 5.74) is 1.87. The molecule has 1 atom stereocenters. The highest BCUT2D eigenvalue weighted by atomic mass is 16.5. The minimum Gasteiger partial charge on any atom is -0.458 e. The molecule has 0 spiro atoms. The van der Waals surface area contributed by atoms with Crippen molar-refractivity contribution in [2.45, 2.75) is 12.7 Å². The minimum absolute atomic E-state index is 0.217. The third-order valence-electron chi connectivity index (χ3n) is 3.16. The molecule has 0 aliphatic carbocycles. The Labute approximate surface area is 117 Å². The lowest BCUT2D eigenvalue weighted by Crippen LogP contribution is -2.06. The van der Waals surface area contributed by atoms with Crippen LogP contribution in [0.25, 0.3) is 11.0 Å². The second-order valence-electron chi connectivity index (χ2n) is 4.70. The lowest BCUT2D eigenvalue weighted by molar-refractivity contribution is 0.0180. The molecule has 1 unspecified atom stereocenters. The first-order valence-electron chi connectivity index (χ1n) is 6.61. The Balaban J connectivity index is 1.60. The molecule has 0 saturated heterocycles. The van der Waals surface area contributed by atoms with Crippen LogP contribution >= 0.6 is 0 Å². The van der Waals surface area contributed by atoms with Gasteiger partial charge in [-0.25, -0.2) is 0 Å². The summed E-state index contributed by atoms with van der Waals surface area (Å²) < 4.78 is 11.1. The van der Waals surface area contributed by atoms with E-state index in [-0.39, 0.29) is 6.61 Å². The zero-order valence-corrected chi connectivity index (χ0v) is 11.0. The number of hydrogen-bond acceptors (Lipinski definition) is 3. The second kappa shape index (κ2) is 5.90. The third kappa shape index (κ3) is 2.90. The summed E-state index contributed by atoms with van der Waals surface area (Å²) in [4.78, 5) is 0. The van der Waals surface area contributed by atoms with E-state index in [4.69, 9.17) is 9.15 Å². The molecule has 1 aromatic heterocycles. The quantitative estimate of drug-likeness (QED) is 0.767.